The van der Waals surface area contributed by atoms with Crippen molar-refractivity contribution in [1.82, 2.24) is 9.55 Å². The molecule has 1 N–H and O–H groups in total. The normalized spacial score (nSPS) is 17.6. The number of aryl methyl sites for hydroxylation is 1. The smallest absolute Gasteiger partial charge is 0.228 e. The lowest BCUT2D eigenvalue weighted by atomic mass is 9.97. The third-order valence-corrected chi connectivity index (χ3v) is 3.51. The fourth-order valence-electron chi connectivity index (χ4n) is 2.40. The highest BCUT2D eigenvalue weighted by molar-refractivity contribution is 5.92. The molecule has 3 rings (SSSR count). The summed E-state index contributed by atoms with van der Waals surface area (Å²) in [7, 11) is 0. The molecule has 104 valence electrons. The van der Waals surface area contributed by atoms with Crippen LogP contribution in [0.25, 0.3) is 0 Å². The zero-order valence-corrected chi connectivity index (χ0v) is 10.6. The predicted molar refractivity (Wildman–Crippen MR) is 69.0 cm³/mol. The van der Waals surface area contributed by atoms with E-state index in [1.165, 1.54) is 6.07 Å². The van der Waals surface area contributed by atoms with Crippen molar-refractivity contribution in [3.63, 3.8) is 0 Å². The van der Waals surface area contributed by atoms with Crippen molar-refractivity contribution in [3.8, 4) is 0 Å². The molecule has 2 aromatic rings. The maximum atomic E-state index is 13.5. The van der Waals surface area contributed by atoms with Crippen LogP contribution in [0, 0.1) is 17.6 Å². The number of rotatable bonds is 2. The van der Waals surface area contributed by atoms with Crippen molar-refractivity contribution in [3.05, 3.63) is 48.1 Å². The van der Waals surface area contributed by atoms with E-state index in [1.807, 2.05) is 10.8 Å². The van der Waals surface area contributed by atoms with E-state index in [0.29, 0.717) is 12.8 Å². The molecule has 1 unspecified atom stereocenters. The maximum Gasteiger partial charge on any atom is 0.228 e. The number of benzene rings is 1. The first-order valence-corrected chi connectivity index (χ1v) is 6.39. The number of imidazole rings is 1. The van der Waals surface area contributed by atoms with E-state index in [0.717, 1.165) is 24.5 Å². The molecule has 0 saturated carbocycles. The quantitative estimate of drug-likeness (QED) is 0.916. The topological polar surface area (TPSA) is 46.9 Å². The number of aromatic nitrogens is 2. The van der Waals surface area contributed by atoms with Crippen LogP contribution in [0.5, 0.6) is 0 Å². The van der Waals surface area contributed by atoms with E-state index in [-0.39, 0.29) is 17.5 Å². The summed E-state index contributed by atoms with van der Waals surface area (Å²) in [6.07, 6.45) is 4.79. The number of fused-ring (bicyclic) bond motifs is 1. The number of nitrogens with zero attached hydrogens (tertiary/aromatic N) is 2. The molecule has 1 amide bonds. The Morgan fingerprint density at radius 2 is 2.25 bits per heavy atom. The van der Waals surface area contributed by atoms with Gasteiger partial charge in [-0.05, 0) is 18.6 Å². The zero-order valence-electron chi connectivity index (χ0n) is 10.6. The van der Waals surface area contributed by atoms with Crippen LogP contribution in [0.15, 0.2) is 30.6 Å². The summed E-state index contributed by atoms with van der Waals surface area (Å²) < 4.78 is 28.3. The standard InChI is InChI=1S/C14H13F2N3O/c15-10-1-2-12(11(16)8-10)18-14(20)9-3-5-19-6-4-17-13(19)7-9/h1-2,4,6,8-9H,3,5,7H2,(H,18,20). The highest BCUT2D eigenvalue weighted by Gasteiger charge is 2.25. The fourth-order valence-corrected chi connectivity index (χ4v) is 2.40. The van der Waals surface area contributed by atoms with Crippen molar-refractivity contribution in [2.45, 2.75) is 19.4 Å². The number of carbonyl (C=O) groups excluding carboxylic acids is 1. The van der Waals surface area contributed by atoms with Gasteiger partial charge in [0, 0.05) is 37.3 Å². The third kappa shape index (κ3) is 2.41. The van der Waals surface area contributed by atoms with Gasteiger partial charge in [-0.25, -0.2) is 13.8 Å². The number of carbonyl (C=O) groups is 1. The molecule has 0 bridgehead atoms. The molecule has 0 saturated heterocycles. The average Bonchev–Trinajstić information content (AvgIpc) is 2.89. The Morgan fingerprint density at radius 1 is 1.40 bits per heavy atom. The van der Waals surface area contributed by atoms with Crippen LogP contribution < -0.4 is 5.32 Å². The number of amides is 1. The molecule has 4 nitrogen and oxygen atoms in total. The Bertz CT molecular complexity index is 654. The third-order valence-electron chi connectivity index (χ3n) is 3.51. The summed E-state index contributed by atoms with van der Waals surface area (Å²) in [5, 5.41) is 2.51. The number of hydrogen-bond donors (Lipinski definition) is 1. The van der Waals surface area contributed by atoms with Gasteiger partial charge in [0.1, 0.15) is 17.5 Å². The molecule has 1 aliphatic heterocycles. The summed E-state index contributed by atoms with van der Waals surface area (Å²) in [6, 6.07) is 3.10. The number of nitrogens with one attached hydrogen (secondary N) is 1. The van der Waals surface area contributed by atoms with Crippen LogP contribution in [0.3, 0.4) is 0 Å². The molecule has 0 fully saturated rings. The van der Waals surface area contributed by atoms with E-state index < -0.39 is 11.6 Å². The maximum absolute atomic E-state index is 13.5. The summed E-state index contributed by atoms with van der Waals surface area (Å²) in [6.45, 7) is 0.722. The minimum absolute atomic E-state index is 0.00492. The number of anilines is 1. The second kappa shape index (κ2) is 5.03. The summed E-state index contributed by atoms with van der Waals surface area (Å²) in [5.74, 6) is -1.08. The lowest BCUT2D eigenvalue weighted by Gasteiger charge is -2.22. The SMILES string of the molecule is O=C(Nc1ccc(F)cc1F)C1CCn2ccnc2C1. The Hall–Kier alpha value is -2.24. The summed E-state index contributed by atoms with van der Waals surface area (Å²) >= 11 is 0. The first kappa shape index (κ1) is 12.8. The first-order valence-electron chi connectivity index (χ1n) is 6.39. The molecule has 1 aromatic carbocycles. The van der Waals surface area contributed by atoms with Crippen molar-refractivity contribution in [1.29, 1.82) is 0 Å². The van der Waals surface area contributed by atoms with Crippen LogP contribution in [0.1, 0.15) is 12.2 Å². The Kier molecular flexibility index (Phi) is 3.22. The second-order valence-electron chi connectivity index (χ2n) is 4.84. The first-order chi connectivity index (χ1) is 9.63. The van der Waals surface area contributed by atoms with E-state index in [4.69, 9.17) is 0 Å². The molecule has 0 spiro atoms. The zero-order chi connectivity index (χ0) is 14.1. The predicted octanol–water partition coefficient (Wildman–Crippen LogP) is 2.36. The van der Waals surface area contributed by atoms with Gasteiger partial charge < -0.3 is 9.88 Å². The molecule has 20 heavy (non-hydrogen) atoms. The van der Waals surface area contributed by atoms with E-state index in [9.17, 15) is 13.6 Å². The lowest BCUT2D eigenvalue weighted by molar-refractivity contribution is -0.120. The van der Waals surface area contributed by atoms with Gasteiger partial charge in [-0.3, -0.25) is 4.79 Å². The molecular formula is C14H13F2N3O. The molecular weight excluding hydrogens is 264 g/mol. The molecule has 1 aliphatic rings. The van der Waals surface area contributed by atoms with Crippen LogP contribution in [-0.4, -0.2) is 15.5 Å². The second-order valence-corrected chi connectivity index (χ2v) is 4.84. The van der Waals surface area contributed by atoms with Crippen molar-refractivity contribution < 1.29 is 13.6 Å². The minimum Gasteiger partial charge on any atom is -0.335 e. The lowest BCUT2D eigenvalue weighted by Crippen LogP contribution is -2.30. The average molecular weight is 277 g/mol. The van der Waals surface area contributed by atoms with Gasteiger partial charge in [-0.1, -0.05) is 0 Å². The fraction of sp³-hybridized carbons (Fsp3) is 0.286. The molecule has 0 radical (unpaired) electrons. The van der Waals surface area contributed by atoms with Gasteiger partial charge in [-0.2, -0.15) is 0 Å². The highest BCUT2D eigenvalue weighted by Crippen LogP contribution is 2.22. The van der Waals surface area contributed by atoms with Crippen molar-refractivity contribution in [2.75, 3.05) is 5.32 Å². The van der Waals surface area contributed by atoms with Crippen LogP contribution in [-0.2, 0) is 17.8 Å². The molecule has 6 heteroatoms. The Labute approximate surface area is 114 Å². The Balaban J connectivity index is 1.71. The van der Waals surface area contributed by atoms with Gasteiger partial charge in [0.2, 0.25) is 5.91 Å². The molecule has 1 atom stereocenters. The Morgan fingerprint density at radius 3 is 3.05 bits per heavy atom. The van der Waals surface area contributed by atoms with Crippen molar-refractivity contribution in [2.24, 2.45) is 5.92 Å². The van der Waals surface area contributed by atoms with E-state index in [1.54, 1.807) is 6.20 Å². The minimum atomic E-state index is -0.768. The molecule has 0 aliphatic carbocycles. The van der Waals surface area contributed by atoms with Gasteiger partial charge in [0.25, 0.3) is 0 Å². The van der Waals surface area contributed by atoms with Gasteiger partial charge in [0.05, 0.1) is 5.69 Å². The van der Waals surface area contributed by atoms with Crippen LogP contribution in [0.4, 0.5) is 14.5 Å². The number of halogens is 2. The number of hydrogen-bond acceptors (Lipinski definition) is 2. The van der Waals surface area contributed by atoms with E-state index >= 15 is 0 Å². The summed E-state index contributed by atoms with van der Waals surface area (Å²) in [5.41, 5.74) is 0.00492. The van der Waals surface area contributed by atoms with Gasteiger partial charge in [-0.15, -0.1) is 0 Å². The summed E-state index contributed by atoms with van der Waals surface area (Å²) in [4.78, 5) is 16.3. The van der Waals surface area contributed by atoms with E-state index in [2.05, 4.69) is 10.3 Å². The highest BCUT2D eigenvalue weighted by atomic mass is 19.1. The van der Waals surface area contributed by atoms with Crippen LogP contribution in [0.2, 0.25) is 0 Å². The molecule has 1 aromatic heterocycles. The van der Waals surface area contributed by atoms with Gasteiger partial charge >= 0.3 is 0 Å². The van der Waals surface area contributed by atoms with Crippen molar-refractivity contribution >= 4 is 11.6 Å². The van der Waals surface area contributed by atoms with Gasteiger partial charge in [0.15, 0.2) is 0 Å². The molecule has 2 heterocycles. The largest absolute Gasteiger partial charge is 0.335 e. The monoisotopic (exact) mass is 277 g/mol. The van der Waals surface area contributed by atoms with Crippen LogP contribution >= 0.6 is 0 Å².